The fourth-order valence-electron chi connectivity index (χ4n) is 4.82. The minimum atomic E-state index is -0.0856. The van der Waals surface area contributed by atoms with Gasteiger partial charge in [-0.05, 0) is 70.7 Å². The van der Waals surface area contributed by atoms with E-state index in [0.717, 1.165) is 23.1 Å². The molecule has 164 valence electrons. The number of carbonyl (C=O) groups excluding carboxylic acids is 1. The number of aliphatic hydroxyl groups is 2. The number of rotatable bonds is 6. The molecule has 1 saturated carbocycles. The van der Waals surface area contributed by atoms with Crippen molar-refractivity contribution in [2.45, 2.75) is 44.3 Å². The second-order valence-corrected chi connectivity index (χ2v) is 8.88. The molecule has 2 aliphatic rings. The molecule has 5 nitrogen and oxygen atoms in total. The molecule has 2 heterocycles. The lowest BCUT2D eigenvalue weighted by Crippen LogP contribution is -2.29. The number of aromatic nitrogens is 1. The second kappa shape index (κ2) is 8.85. The van der Waals surface area contributed by atoms with E-state index >= 15 is 0 Å². The van der Waals surface area contributed by atoms with Crippen molar-refractivity contribution in [3.63, 3.8) is 0 Å². The summed E-state index contributed by atoms with van der Waals surface area (Å²) < 4.78 is 0. The average Bonchev–Trinajstić information content (AvgIpc) is 3.59. The highest BCUT2D eigenvalue weighted by Gasteiger charge is 2.30. The smallest absolute Gasteiger partial charge is 0.272 e. The van der Waals surface area contributed by atoms with E-state index < -0.39 is 0 Å². The molecule has 1 aromatic heterocycles. The molecule has 0 spiro atoms. The summed E-state index contributed by atoms with van der Waals surface area (Å²) in [5, 5.41) is 19.3. The average molecular weight is 429 g/mol. The van der Waals surface area contributed by atoms with Crippen LogP contribution < -0.4 is 0 Å². The molecule has 1 aliphatic carbocycles. The van der Waals surface area contributed by atoms with Gasteiger partial charge in [0.25, 0.3) is 5.91 Å². The van der Waals surface area contributed by atoms with E-state index in [-0.39, 0.29) is 25.0 Å². The Labute approximate surface area is 188 Å². The van der Waals surface area contributed by atoms with Crippen molar-refractivity contribution in [3.05, 3.63) is 88.7 Å². The normalized spacial score (nSPS) is 18.2. The third kappa shape index (κ3) is 4.06. The summed E-state index contributed by atoms with van der Waals surface area (Å²) in [5.41, 5.74) is 6.98. The maximum atomic E-state index is 12.9. The van der Waals surface area contributed by atoms with Gasteiger partial charge in [-0.1, -0.05) is 42.5 Å². The molecule has 3 aromatic rings. The van der Waals surface area contributed by atoms with E-state index in [4.69, 9.17) is 0 Å². The van der Waals surface area contributed by atoms with Crippen LogP contribution in [0.25, 0.3) is 11.1 Å². The zero-order valence-corrected chi connectivity index (χ0v) is 18.1. The summed E-state index contributed by atoms with van der Waals surface area (Å²) in [5.74, 6) is 0.779. The van der Waals surface area contributed by atoms with E-state index in [1.54, 1.807) is 18.3 Å². The first-order valence-electron chi connectivity index (χ1n) is 11.4. The maximum Gasteiger partial charge on any atom is 0.272 e. The van der Waals surface area contributed by atoms with Crippen molar-refractivity contribution < 1.29 is 15.0 Å². The fraction of sp³-hybridized carbons (Fsp3) is 0.333. The predicted octanol–water partition coefficient (Wildman–Crippen LogP) is 4.24. The summed E-state index contributed by atoms with van der Waals surface area (Å²) in [6.45, 7) is 1.19. The summed E-state index contributed by atoms with van der Waals surface area (Å²) in [7, 11) is 0. The quantitative estimate of drug-likeness (QED) is 0.616. The predicted molar refractivity (Wildman–Crippen MR) is 123 cm³/mol. The molecule has 1 atom stereocenters. The number of hydrogen-bond donors (Lipinski definition) is 2. The standard InChI is InChI=1S/C27H28N2O3/c30-16-18-5-10-26(28-14-18)27(32)29-12-11-21(15-29)23-9-8-20(13-22(23)17-31)25-4-2-1-3-24(25)19-6-7-19/h1-5,8-10,13-14,19,21,30-31H,6-7,11-12,15-17H2. The molecule has 0 bridgehead atoms. The molecule has 1 aliphatic heterocycles. The van der Waals surface area contributed by atoms with Crippen molar-refractivity contribution in [3.8, 4) is 11.1 Å². The van der Waals surface area contributed by atoms with Gasteiger partial charge in [0.05, 0.1) is 13.2 Å². The van der Waals surface area contributed by atoms with E-state index in [0.29, 0.717) is 30.3 Å². The van der Waals surface area contributed by atoms with Crippen molar-refractivity contribution in [1.82, 2.24) is 9.88 Å². The number of benzene rings is 2. The number of nitrogens with zero attached hydrogens (tertiary/aromatic N) is 2. The van der Waals surface area contributed by atoms with E-state index in [2.05, 4.69) is 47.4 Å². The zero-order chi connectivity index (χ0) is 22.1. The second-order valence-electron chi connectivity index (χ2n) is 8.88. The van der Waals surface area contributed by atoms with Gasteiger partial charge in [-0.25, -0.2) is 0 Å². The molecule has 1 amide bonds. The molecule has 2 fully saturated rings. The highest BCUT2D eigenvalue weighted by atomic mass is 16.3. The number of carbonyl (C=O) groups is 1. The van der Waals surface area contributed by atoms with Crippen LogP contribution in [0.2, 0.25) is 0 Å². The van der Waals surface area contributed by atoms with Crippen molar-refractivity contribution in [1.29, 1.82) is 0 Å². The van der Waals surface area contributed by atoms with E-state index in [1.165, 1.54) is 24.0 Å². The number of likely N-dealkylation sites (tertiary alicyclic amines) is 1. The Morgan fingerprint density at radius 2 is 1.78 bits per heavy atom. The Hall–Kier alpha value is -3.02. The van der Waals surface area contributed by atoms with Gasteiger partial charge in [0.2, 0.25) is 0 Å². The molecule has 5 rings (SSSR count). The summed E-state index contributed by atoms with van der Waals surface area (Å²) in [4.78, 5) is 18.9. The number of amides is 1. The first kappa shape index (κ1) is 20.9. The van der Waals surface area contributed by atoms with Crippen molar-refractivity contribution >= 4 is 5.91 Å². The third-order valence-electron chi connectivity index (χ3n) is 6.74. The molecule has 2 aromatic carbocycles. The van der Waals surface area contributed by atoms with Crippen molar-refractivity contribution in [2.75, 3.05) is 13.1 Å². The fourth-order valence-corrected chi connectivity index (χ4v) is 4.82. The van der Waals surface area contributed by atoms with Gasteiger partial charge in [0, 0.05) is 25.2 Å². The van der Waals surface area contributed by atoms with Crippen LogP contribution in [-0.2, 0) is 13.2 Å². The minimum absolute atomic E-state index is 0.0105. The van der Waals surface area contributed by atoms with Gasteiger partial charge < -0.3 is 15.1 Å². The Morgan fingerprint density at radius 1 is 0.938 bits per heavy atom. The molecule has 32 heavy (non-hydrogen) atoms. The van der Waals surface area contributed by atoms with Gasteiger partial charge in [-0.2, -0.15) is 0 Å². The third-order valence-corrected chi connectivity index (χ3v) is 6.74. The largest absolute Gasteiger partial charge is 0.392 e. The van der Waals surface area contributed by atoms with Gasteiger partial charge in [-0.15, -0.1) is 0 Å². The molecule has 1 unspecified atom stereocenters. The Kier molecular flexibility index (Phi) is 5.77. The first-order valence-corrected chi connectivity index (χ1v) is 11.4. The van der Waals surface area contributed by atoms with Gasteiger partial charge in [0.1, 0.15) is 5.69 Å². The molecule has 1 saturated heterocycles. The number of pyridine rings is 1. The lowest BCUT2D eigenvalue weighted by molar-refractivity contribution is 0.0785. The monoisotopic (exact) mass is 428 g/mol. The van der Waals surface area contributed by atoms with Crippen LogP contribution in [0.4, 0.5) is 0 Å². The minimum Gasteiger partial charge on any atom is -0.392 e. The van der Waals surface area contributed by atoms with Crippen LogP contribution in [0.15, 0.2) is 60.8 Å². The Balaban J connectivity index is 1.35. The van der Waals surface area contributed by atoms with Crippen LogP contribution in [0.5, 0.6) is 0 Å². The molecule has 2 N–H and O–H groups in total. The van der Waals surface area contributed by atoms with Crippen molar-refractivity contribution in [2.24, 2.45) is 0 Å². The molecular formula is C27H28N2O3. The Bertz CT molecular complexity index is 1120. The molecule has 0 radical (unpaired) electrons. The number of hydrogen-bond acceptors (Lipinski definition) is 4. The lowest BCUT2D eigenvalue weighted by Gasteiger charge is -2.19. The van der Waals surface area contributed by atoms with Crippen LogP contribution in [0.3, 0.4) is 0 Å². The first-order chi connectivity index (χ1) is 15.7. The topological polar surface area (TPSA) is 73.7 Å². The summed E-state index contributed by atoms with van der Waals surface area (Å²) in [6, 6.07) is 18.4. The molecule has 5 heteroatoms. The number of aliphatic hydroxyl groups excluding tert-OH is 2. The lowest BCUT2D eigenvalue weighted by atomic mass is 9.89. The van der Waals surface area contributed by atoms with Gasteiger partial charge in [0.15, 0.2) is 0 Å². The van der Waals surface area contributed by atoms with Crippen LogP contribution in [0.1, 0.15) is 63.8 Å². The van der Waals surface area contributed by atoms with Gasteiger partial charge >= 0.3 is 0 Å². The van der Waals surface area contributed by atoms with Crippen LogP contribution in [0, 0.1) is 0 Å². The zero-order valence-electron chi connectivity index (χ0n) is 18.1. The maximum absolute atomic E-state index is 12.9. The highest BCUT2D eigenvalue weighted by Crippen LogP contribution is 2.44. The highest BCUT2D eigenvalue weighted by molar-refractivity contribution is 5.92. The van der Waals surface area contributed by atoms with E-state index in [9.17, 15) is 15.0 Å². The van der Waals surface area contributed by atoms with Gasteiger partial charge in [-0.3, -0.25) is 9.78 Å². The van der Waals surface area contributed by atoms with Crippen LogP contribution in [-0.4, -0.2) is 39.1 Å². The SMILES string of the molecule is O=C(c1ccc(CO)cn1)N1CCC(c2ccc(-c3ccccc3C3CC3)cc2CO)C1. The summed E-state index contributed by atoms with van der Waals surface area (Å²) in [6.07, 6.45) is 4.92. The summed E-state index contributed by atoms with van der Waals surface area (Å²) >= 11 is 0. The molecular weight excluding hydrogens is 400 g/mol. The van der Waals surface area contributed by atoms with Crippen LogP contribution >= 0.6 is 0 Å². The van der Waals surface area contributed by atoms with E-state index in [1.807, 2.05) is 4.90 Å². The Morgan fingerprint density at radius 3 is 2.50 bits per heavy atom.